The summed E-state index contributed by atoms with van der Waals surface area (Å²) in [6.45, 7) is 4.21. The number of fused-ring (bicyclic) bond motifs is 1. The van der Waals surface area contributed by atoms with Crippen molar-refractivity contribution in [3.8, 4) is 22.5 Å². The van der Waals surface area contributed by atoms with Gasteiger partial charge in [0, 0.05) is 29.6 Å². The molecule has 1 aromatic carbocycles. The quantitative estimate of drug-likeness (QED) is 0.560. The molecule has 0 aliphatic carbocycles. The lowest BCUT2D eigenvalue weighted by Gasteiger charge is -2.11. The first-order valence-corrected chi connectivity index (χ1v) is 7.56. The number of aromatic nitrogens is 4. The summed E-state index contributed by atoms with van der Waals surface area (Å²) >= 11 is 0. The number of hydrogen-bond acceptors (Lipinski definition) is 3. The highest BCUT2D eigenvalue weighted by atomic mass is 15.2. The fraction of sp³-hybridized carbons (Fsp3) is 0.105. The largest absolute Gasteiger partial charge is 0.256 e. The first-order valence-electron chi connectivity index (χ1n) is 7.56. The molecule has 0 bridgehead atoms. The molecule has 0 atom stereocenters. The molecule has 3 heterocycles. The summed E-state index contributed by atoms with van der Waals surface area (Å²) in [7, 11) is 0. The highest BCUT2D eigenvalue weighted by Crippen LogP contribution is 2.31. The average Bonchev–Trinajstić information content (AvgIpc) is 3.05. The molecule has 0 amide bonds. The zero-order valence-electron chi connectivity index (χ0n) is 13.1. The maximum absolute atomic E-state index is 4.70. The third-order valence-electron chi connectivity index (χ3n) is 3.99. The van der Waals surface area contributed by atoms with E-state index in [1.165, 1.54) is 11.1 Å². The first kappa shape index (κ1) is 13.6. The van der Waals surface area contributed by atoms with E-state index in [4.69, 9.17) is 4.98 Å². The van der Waals surface area contributed by atoms with E-state index in [1.807, 2.05) is 30.6 Å². The molecule has 4 rings (SSSR count). The Morgan fingerprint density at radius 1 is 0.913 bits per heavy atom. The summed E-state index contributed by atoms with van der Waals surface area (Å²) in [5.41, 5.74) is 7.31. The molecule has 4 aromatic rings. The van der Waals surface area contributed by atoms with Crippen LogP contribution in [0, 0.1) is 13.8 Å². The Balaban J connectivity index is 1.94. The van der Waals surface area contributed by atoms with E-state index in [0.29, 0.717) is 0 Å². The van der Waals surface area contributed by atoms with Crippen molar-refractivity contribution in [2.24, 2.45) is 0 Å². The summed E-state index contributed by atoms with van der Waals surface area (Å²) in [6.07, 6.45) is 5.51. The second-order valence-electron chi connectivity index (χ2n) is 5.66. The molecule has 0 fully saturated rings. The fourth-order valence-electron chi connectivity index (χ4n) is 2.78. The van der Waals surface area contributed by atoms with Gasteiger partial charge in [-0.05, 0) is 43.7 Å². The predicted octanol–water partition coefficient (Wildman–Crippen LogP) is 4.08. The molecular formula is C19H16N4. The van der Waals surface area contributed by atoms with Gasteiger partial charge in [-0.15, -0.1) is 0 Å². The molecule has 0 saturated carbocycles. The van der Waals surface area contributed by atoms with E-state index in [0.717, 1.165) is 28.2 Å². The van der Waals surface area contributed by atoms with Crippen molar-refractivity contribution in [1.29, 1.82) is 0 Å². The van der Waals surface area contributed by atoms with Crippen LogP contribution in [-0.4, -0.2) is 19.6 Å². The van der Waals surface area contributed by atoms with Crippen LogP contribution in [0.25, 0.3) is 28.2 Å². The fourth-order valence-corrected chi connectivity index (χ4v) is 2.78. The zero-order chi connectivity index (χ0) is 15.8. The Morgan fingerprint density at radius 3 is 2.74 bits per heavy atom. The number of pyridine rings is 1. The number of nitrogens with zero attached hydrogens (tertiary/aromatic N) is 4. The Morgan fingerprint density at radius 2 is 1.83 bits per heavy atom. The van der Waals surface area contributed by atoms with E-state index in [2.05, 4.69) is 48.2 Å². The van der Waals surface area contributed by atoms with Gasteiger partial charge in [-0.2, -0.15) is 5.10 Å². The SMILES string of the molecule is Cc1ccc(C)c(-c2ncccc2-c2ccn3nccc3n2)c1. The number of rotatable bonds is 2. The van der Waals surface area contributed by atoms with Gasteiger partial charge < -0.3 is 0 Å². The van der Waals surface area contributed by atoms with Gasteiger partial charge in [-0.25, -0.2) is 9.50 Å². The van der Waals surface area contributed by atoms with Crippen LogP contribution < -0.4 is 0 Å². The summed E-state index contributed by atoms with van der Waals surface area (Å²) in [4.78, 5) is 9.34. The van der Waals surface area contributed by atoms with Gasteiger partial charge >= 0.3 is 0 Å². The van der Waals surface area contributed by atoms with E-state index >= 15 is 0 Å². The summed E-state index contributed by atoms with van der Waals surface area (Å²) in [6, 6.07) is 14.3. The lowest BCUT2D eigenvalue weighted by Crippen LogP contribution is -1.96. The third-order valence-corrected chi connectivity index (χ3v) is 3.99. The van der Waals surface area contributed by atoms with Crippen LogP contribution in [0.1, 0.15) is 11.1 Å². The highest BCUT2D eigenvalue weighted by Gasteiger charge is 2.12. The Bertz CT molecular complexity index is 1000. The van der Waals surface area contributed by atoms with Crippen LogP contribution in [0.5, 0.6) is 0 Å². The van der Waals surface area contributed by atoms with Gasteiger partial charge in [-0.1, -0.05) is 17.7 Å². The maximum Gasteiger partial charge on any atom is 0.155 e. The molecule has 0 aliphatic rings. The smallest absolute Gasteiger partial charge is 0.155 e. The molecule has 0 spiro atoms. The average molecular weight is 300 g/mol. The second kappa shape index (κ2) is 5.32. The van der Waals surface area contributed by atoms with E-state index in [9.17, 15) is 0 Å². The van der Waals surface area contributed by atoms with Crippen molar-refractivity contribution in [3.63, 3.8) is 0 Å². The van der Waals surface area contributed by atoms with Crippen molar-refractivity contribution in [1.82, 2.24) is 19.6 Å². The normalized spacial score (nSPS) is 11.0. The van der Waals surface area contributed by atoms with Gasteiger partial charge in [0.2, 0.25) is 0 Å². The predicted molar refractivity (Wildman–Crippen MR) is 91.1 cm³/mol. The molecule has 4 heteroatoms. The topological polar surface area (TPSA) is 43.1 Å². The van der Waals surface area contributed by atoms with Crippen LogP contribution in [0.4, 0.5) is 0 Å². The van der Waals surface area contributed by atoms with Crippen molar-refractivity contribution in [2.75, 3.05) is 0 Å². The Labute approximate surface area is 134 Å². The van der Waals surface area contributed by atoms with E-state index in [-0.39, 0.29) is 0 Å². The van der Waals surface area contributed by atoms with Gasteiger partial charge in [0.05, 0.1) is 17.6 Å². The van der Waals surface area contributed by atoms with Crippen molar-refractivity contribution in [2.45, 2.75) is 13.8 Å². The summed E-state index contributed by atoms with van der Waals surface area (Å²) in [5, 5.41) is 4.20. The van der Waals surface area contributed by atoms with E-state index < -0.39 is 0 Å². The Kier molecular flexibility index (Phi) is 3.15. The molecule has 0 aliphatic heterocycles. The molecular weight excluding hydrogens is 284 g/mol. The molecule has 0 unspecified atom stereocenters. The van der Waals surface area contributed by atoms with Gasteiger partial charge in [0.25, 0.3) is 0 Å². The second-order valence-corrected chi connectivity index (χ2v) is 5.66. The van der Waals surface area contributed by atoms with Crippen LogP contribution in [0.15, 0.2) is 61.1 Å². The molecule has 0 saturated heterocycles. The molecule has 0 N–H and O–H groups in total. The van der Waals surface area contributed by atoms with Gasteiger partial charge in [-0.3, -0.25) is 4.98 Å². The van der Waals surface area contributed by atoms with Crippen LogP contribution in [0.3, 0.4) is 0 Å². The minimum Gasteiger partial charge on any atom is -0.256 e. The van der Waals surface area contributed by atoms with Crippen LogP contribution >= 0.6 is 0 Å². The lowest BCUT2D eigenvalue weighted by atomic mass is 9.97. The lowest BCUT2D eigenvalue weighted by molar-refractivity contribution is 0.941. The van der Waals surface area contributed by atoms with Crippen LogP contribution in [-0.2, 0) is 0 Å². The van der Waals surface area contributed by atoms with Gasteiger partial charge in [0.1, 0.15) is 0 Å². The van der Waals surface area contributed by atoms with Crippen LogP contribution in [0.2, 0.25) is 0 Å². The monoisotopic (exact) mass is 300 g/mol. The minimum atomic E-state index is 0.832. The van der Waals surface area contributed by atoms with Gasteiger partial charge in [0.15, 0.2) is 5.65 Å². The first-order chi connectivity index (χ1) is 11.2. The summed E-state index contributed by atoms with van der Waals surface area (Å²) in [5.74, 6) is 0. The maximum atomic E-state index is 4.70. The number of benzene rings is 1. The zero-order valence-corrected chi connectivity index (χ0v) is 13.1. The molecule has 0 radical (unpaired) electrons. The number of aryl methyl sites for hydroxylation is 2. The minimum absolute atomic E-state index is 0.832. The Hall–Kier alpha value is -3.01. The van der Waals surface area contributed by atoms with Crippen molar-refractivity contribution in [3.05, 3.63) is 72.2 Å². The highest BCUT2D eigenvalue weighted by molar-refractivity contribution is 5.81. The van der Waals surface area contributed by atoms with Crippen molar-refractivity contribution < 1.29 is 0 Å². The van der Waals surface area contributed by atoms with E-state index in [1.54, 1.807) is 10.7 Å². The van der Waals surface area contributed by atoms with Crippen molar-refractivity contribution >= 4 is 5.65 Å². The molecule has 3 aromatic heterocycles. The number of hydrogen-bond donors (Lipinski definition) is 0. The summed E-state index contributed by atoms with van der Waals surface area (Å²) < 4.78 is 1.76. The standard InChI is InChI=1S/C19H16N4/c1-13-5-6-14(2)16(12-13)19-15(4-3-9-20-19)17-8-11-23-18(22-17)7-10-21-23/h3-12H,1-2H3. The molecule has 23 heavy (non-hydrogen) atoms. The third kappa shape index (κ3) is 2.38. The molecule has 4 nitrogen and oxygen atoms in total. The molecule has 112 valence electrons.